The third-order valence-corrected chi connectivity index (χ3v) is 2.49. The van der Waals surface area contributed by atoms with Crippen molar-refractivity contribution in [3.63, 3.8) is 0 Å². The number of amides is 3. The van der Waals surface area contributed by atoms with E-state index in [1.165, 1.54) is 4.90 Å². The first kappa shape index (κ1) is 10.6. The molecule has 5 heteroatoms. The fourth-order valence-corrected chi connectivity index (χ4v) is 1.76. The van der Waals surface area contributed by atoms with Gasteiger partial charge in [0.05, 0.1) is 12.2 Å². The number of imide groups is 1. The molecule has 0 aliphatic carbocycles. The van der Waals surface area contributed by atoms with Crippen molar-refractivity contribution in [3.05, 3.63) is 29.8 Å². The summed E-state index contributed by atoms with van der Waals surface area (Å²) in [5, 5.41) is 2.49. The molecular weight excluding hydrogens is 206 g/mol. The molecule has 3 N–H and O–H groups in total. The van der Waals surface area contributed by atoms with E-state index >= 15 is 0 Å². The third-order valence-electron chi connectivity index (χ3n) is 2.49. The van der Waals surface area contributed by atoms with Gasteiger partial charge in [0.1, 0.15) is 0 Å². The second-order valence-corrected chi connectivity index (χ2v) is 3.56. The predicted molar refractivity (Wildman–Crippen MR) is 60.1 cm³/mol. The van der Waals surface area contributed by atoms with E-state index in [-0.39, 0.29) is 18.5 Å². The van der Waals surface area contributed by atoms with E-state index in [9.17, 15) is 9.59 Å². The summed E-state index contributed by atoms with van der Waals surface area (Å²) in [6.45, 7) is 0.552. The van der Waals surface area contributed by atoms with E-state index < -0.39 is 0 Å². The molecular formula is C11H13N3O2. The number of nitrogens with two attached hydrogens (primary N) is 1. The highest BCUT2D eigenvalue weighted by molar-refractivity contribution is 6.20. The molecule has 0 bridgehead atoms. The van der Waals surface area contributed by atoms with Crippen LogP contribution in [0.15, 0.2) is 24.3 Å². The summed E-state index contributed by atoms with van der Waals surface area (Å²) in [7, 11) is 0. The van der Waals surface area contributed by atoms with E-state index in [0.717, 1.165) is 5.56 Å². The SMILES string of the molecule is NCCc1ccccc1N1C(=O)CNC1=O. The minimum Gasteiger partial charge on any atom is -0.330 e. The monoisotopic (exact) mass is 219 g/mol. The normalized spacial score (nSPS) is 15.4. The number of nitrogens with zero attached hydrogens (tertiary/aromatic N) is 1. The van der Waals surface area contributed by atoms with Gasteiger partial charge in [0.2, 0.25) is 0 Å². The largest absolute Gasteiger partial charge is 0.330 e. The Morgan fingerprint density at radius 1 is 1.31 bits per heavy atom. The van der Waals surface area contributed by atoms with Crippen LogP contribution in [0.1, 0.15) is 5.56 Å². The molecule has 2 rings (SSSR count). The number of rotatable bonds is 3. The molecule has 1 aromatic rings. The molecule has 1 heterocycles. The first-order chi connectivity index (χ1) is 7.74. The number of carbonyl (C=O) groups is 2. The Hall–Kier alpha value is -1.88. The van der Waals surface area contributed by atoms with Crippen LogP contribution in [0.2, 0.25) is 0 Å². The Bertz CT molecular complexity index is 415. The van der Waals surface area contributed by atoms with Crippen molar-refractivity contribution in [2.75, 3.05) is 18.0 Å². The maximum Gasteiger partial charge on any atom is 0.329 e. The minimum atomic E-state index is -0.366. The van der Waals surface area contributed by atoms with E-state index in [1.807, 2.05) is 12.1 Å². The van der Waals surface area contributed by atoms with Gasteiger partial charge < -0.3 is 11.1 Å². The van der Waals surface area contributed by atoms with Crippen LogP contribution in [-0.2, 0) is 11.2 Å². The smallest absolute Gasteiger partial charge is 0.329 e. The molecule has 1 aliphatic heterocycles. The topological polar surface area (TPSA) is 75.4 Å². The Morgan fingerprint density at radius 2 is 2.06 bits per heavy atom. The van der Waals surface area contributed by atoms with Crippen LogP contribution in [0.25, 0.3) is 0 Å². The summed E-state index contributed by atoms with van der Waals surface area (Å²) in [6, 6.07) is 6.94. The van der Waals surface area contributed by atoms with Crippen LogP contribution >= 0.6 is 0 Å². The lowest BCUT2D eigenvalue weighted by atomic mass is 10.1. The zero-order valence-electron chi connectivity index (χ0n) is 8.77. The summed E-state index contributed by atoms with van der Waals surface area (Å²) in [5.74, 6) is -0.227. The average molecular weight is 219 g/mol. The van der Waals surface area contributed by atoms with Crippen LogP contribution in [0.4, 0.5) is 10.5 Å². The van der Waals surface area contributed by atoms with Gasteiger partial charge in [-0.15, -0.1) is 0 Å². The van der Waals surface area contributed by atoms with Crippen LogP contribution in [0.5, 0.6) is 0 Å². The number of hydrogen-bond acceptors (Lipinski definition) is 3. The molecule has 1 aromatic carbocycles. The number of hydrogen-bond donors (Lipinski definition) is 2. The molecule has 5 nitrogen and oxygen atoms in total. The van der Waals surface area contributed by atoms with Gasteiger partial charge in [0.25, 0.3) is 5.91 Å². The fourth-order valence-electron chi connectivity index (χ4n) is 1.76. The maximum absolute atomic E-state index is 11.6. The fraction of sp³-hybridized carbons (Fsp3) is 0.273. The first-order valence-electron chi connectivity index (χ1n) is 5.13. The van der Waals surface area contributed by atoms with Crippen LogP contribution in [-0.4, -0.2) is 25.0 Å². The molecule has 84 valence electrons. The lowest BCUT2D eigenvalue weighted by Gasteiger charge is -2.16. The second kappa shape index (κ2) is 4.32. The van der Waals surface area contributed by atoms with Crippen molar-refractivity contribution in [1.29, 1.82) is 0 Å². The molecule has 0 aromatic heterocycles. The van der Waals surface area contributed by atoms with Crippen molar-refractivity contribution in [3.8, 4) is 0 Å². The lowest BCUT2D eigenvalue weighted by molar-refractivity contribution is -0.115. The standard InChI is InChI=1S/C11H13N3O2/c12-6-5-8-3-1-2-4-9(8)14-10(15)7-13-11(14)16/h1-4H,5-7,12H2,(H,13,16). The molecule has 0 atom stereocenters. The zero-order valence-corrected chi connectivity index (χ0v) is 8.77. The summed E-state index contributed by atoms with van der Waals surface area (Å²) < 4.78 is 0. The molecule has 1 saturated heterocycles. The third kappa shape index (κ3) is 1.77. The van der Waals surface area contributed by atoms with Gasteiger partial charge in [0.15, 0.2) is 0 Å². The van der Waals surface area contributed by atoms with Gasteiger partial charge in [-0.1, -0.05) is 18.2 Å². The van der Waals surface area contributed by atoms with Crippen molar-refractivity contribution >= 4 is 17.6 Å². The molecule has 0 spiro atoms. The Morgan fingerprint density at radius 3 is 2.69 bits per heavy atom. The quantitative estimate of drug-likeness (QED) is 0.715. The molecule has 1 aliphatic rings. The van der Waals surface area contributed by atoms with Gasteiger partial charge in [-0.25, -0.2) is 9.69 Å². The van der Waals surface area contributed by atoms with Gasteiger partial charge in [-0.3, -0.25) is 4.79 Å². The zero-order chi connectivity index (χ0) is 11.5. The summed E-state index contributed by atoms with van der Waals surface area (Å²) >= 11 is 0. The minimum absolute atomic E-state index is 0.0653. The first-order valence-corrected chi connectivity index (χ1v) is 5.13. The van der Waals surface area contributed by atoms with Gasteiger partial charge in [-0.05, 0) is 24.6 Å². The molecule has 0 radical (unpaired) electrons. The van der Waals surface area contributed by atoms with E-state index in [0.29, 0.717) is 18.7 Å². The Balaban J connectivity index is 2.38. The van der Waals surface area contributed by atoms with Gasteiger partial charge in [-0.2, -0.15) is 0 Å². The highest BCUT2D eigenvalue weighted by Crippen LogP contribution is 2.22. The Kier molecular flexibility index (Phi) is 2.87. The number of anilines is 1. The average Bonchev–Trinajstić information content (AvgIpc) is 2.60. The highest BCUT2D eigenvalue weighted by Gasteiger charge is 2.30. The predicted octanol–water partition coefficient (Wildman–Crippen LogP) is 0.244. The molecule has 1 fully saturated rings. The van der Waals surface area contributed by atoms with Crippen molar-refractivity contribution < 1.29 is 9.59 Å². The molecule has 16 heavy (non-hydrogen) atoms. The van der Waals surface area contributed by atoms with Crippen LogP contribution < -0.4 is 16.0 Å². The maximum atomic E-state index is 11.6. The highest BCUT2D eigenvalue weighted by atomic mass is 16.2. The van der Waals surface area contributed by atoms with Crippen molar-refractivity contribution in [2.24, 2.45) is 5.73 Å². The van der Waals surface area contributed by atoms with E-state index in [1.54, 1.807) is 12.1 Å². The van der Waals surface area contributed by atoms with E-state index in [2.05, 4.69) is 5.32 Å². The number of nitrogens with one attached hydrogen (secondary N) is 1. The van der Waals surface area contributed by atoms with Gasteiger partial charge >= 0.3 is 6.03 Å². The number of carbonyl (C=O) groups excluding carboxylic acids is 2. The number of benzene rings is 1. The van der Waals surface area contributed by atoms with E-state index in [4.69, 9.17) is 5.73 Å². The summed E-state index contributed by atoms with van der Waals surface area (Å²) in [5.41, 5.74) is 7.04. The summed E-state index contributed by atoms with van der Waals surface area (Å²) in [4.78, 5) is 24.2. The number of para-hydroxylation sites is 1. The van der Waals surface area contributed by atoms with Crippen molar-refractivity contribution in [2.45, 2.75) is 6.42 Å². The molecule has 0 unspecified atom stereocenters. The summed E-state index contributed by atoms with van der Waals surface area (Å²) in [6.07, 6.45) is 0.646. The van der Waals surface area contributed by atoms with Crippen LogP contribution in [0, 0.1) is 0 Å². The lowest BCUT2D eigenvalue weighted by Crippen LogP contribution is -2.31. The van der Waals surface area contributed by atoms with Crippen LogP contribution in [0.3, 0.4) is 0 Å². The second-order valence-electron chi connectivity index (χ2n) is 3.56. The van der Waals surface area contributed by atoms with Crippen molar-refractivity contribution in [1.82, 2.24) is 5.32 Å². The Labute approximate surface area is 93.2 Å². The molecule has 3 amide bonds. The molecule has 0 saturated carbocycles. The number of urea groups is 1. The van der Waals surface area contributed by atoms with Gasteiger partial charge in [0, 0.05) is 0 Å².